The molecule has 0 saturated carbocycles. The van der Waals surface area contributed by atoms with Gasteiger partial charge in [-0.15, -0.1) is 0 Å². The minimum absolute atomic E-state index is 0.00763. The van der Waals surface area contributed by atoms with Crippen molar-refractivity contribution in [3.8, 4) is 0 Å². The third-order valence-electron chi connectivity index (χ3n) is 4.30. The Labute approximate surface area is 147 Å². The van der Waals surface area contributed by atoms with Crippen LogP contribution in [-0.2, 0) is 27.4 Å². The molecule has 1 aliphatic rings. The van der Waals surface area contributed by atoms with Gasteiger partial charge in [0.05, 0.1) is 24.9 Å². The van der Waals surface area contributed by atoms with Crippen LogP contribution in [0.15, 0.2) is 36.7 Å². The molecule has 7 heteroatoms. The van der Waals surface area contributed by atoms with Crippen LogP contribution in [0.25, 0.3) is 0 Å². The lowest BCUT2D eigenvalue weighted by Crippen LogP contribution is -2.50. The molecule has 2 atom stereocenters. The summed E-state index contributed by atoms with van der Waals surface area (Å²) in [6.07, 6.45) is 4.47. The fourth-order valence-electron chi connectivity index (χ4n) is 2.84. The van der Waals surface area contributed by atoms with Crippen molar-refractivity contribution in [1.82, 2.24) is 20.1 Å². The zero-order valence-electron chi connectivity index (χ0n) is 14.4. The van der Waals surface area contributed by atoms with E-state index in [-0.39, 0.29) is 18.1 Å². The minimum atomic E-state index is -0.161. The van der Waals surface area contributed by atoms with Crippen molar-refractivity contribution in [2.45, 2.75) is 45.1 Å². The van der Waals surface area contributed by atoms with Gasteiger partial charge in [-0.25, -0.2) is 0 Å². The Morgan fingerprint density at radius 2 is 2.32 bits per heavy atom. The van der Waals surface area contributed by atoms with Crippen molar-refractivity contribution < 1.29 is 14.3 Å². The maximum absolute atomic E-state index is 12.3. The Balaban J connectivity index is 1.48. The van der Waals surface area contributed by atoms with Crippen molar-refractivity contribution in [2.75, 3.05) is 13.2 Å². The summed E-state index contributed by atoms with van der Waals surface area (Å²) in [5.74, 6) is 0.00763. The van der Waals surface area contributed by atoms with Crippen LogP contribution in [-0.4, -0.2) is 46.0 Å². The van der Waals surface area contributed by atoms with Crippen LogP contribution in [0.5, 0.6) is 0 Å². The predicted molar refractivity (Wildman–Crippen MR) is 91.8 cm³/mol. The molecule has 1 aliphatic heterocycles. The topological polar surface area (TPSA) is 78.3 Å². The Morgan fingerprint density at radius 3 is 3.08 bits per heavy atom. The van der Waals surface area contributed by atoms with Gasteiger partial charge >= 0.3 is 0 Å². The van der Waals surface area contributed by atoms with Crippen LogP contribution < -0.4 is 5.32 Å². The number of amides is 1. The standard InChI is InChI=1S/C18H24N4O3/c1-14-5-9-20-22(14)10-6-18(23)21-16-7-11-24-13-17(16)25-12-15-4-2-3-8-19-15/h2-5,8-9,16-17H,6-7,10-13H2,1H3,(H,21,23)/t16-,17-/m1/s1. The quantitative estimate of drug-likeness (QED) is 0.823. The third kappa shape index (κ3) is 5.11. The summed E-state index contributed by atoms with van der Waals surface area (Å²) >= 11 is 0. The van der Waals surface area contributed by atoms with Gasteiger partial charge in [-0.2, -0.15) is 5.10 Å². The molecular weight excluding hydrogens is 320 g/mol. The minimum Gasteiger partial charge on any atom is -0.379 e. The summed E-state index contributed by atoms with van der Waals surface area (Å²) in [5.41, 5.74) is 1.92. The second-order valence-electron chi connectivity index (χ2n) is 6.15. The van der Waals surface area contributed by atoms with Gasteiger partial charge in [0.1, 0.15) is 6.10 Å². The molecule has 1 saturated heterocycles. The molecule has 7 nitrogen and oxygen atoms in total. The van der Waals surface area contributed by atoms with Crippen LogP contribution in [0.3, 0.4) is 0 Å². The number of nitrogens with zero attached hydrogens (tertiary/aromatic N) is 3. The van der Waals surface area contributed by atoms with Crippen LogP contribution in [0.4, 0.5) is 0 Å². The van der Waals surface area contributed by atoms with Crippen molar-refractivity contribution >= 4 is 5.91 Å². The maximum Gasteiger partial charge on any atom is 0.222 e. The molecule has 0 aliphatic carbocycles. The molecule has 2 aromatic rings. The van der Waals surface area contributed by atoms with Gasteiger partial charge in [-0.1, -0.05) is 6.07 Å². The molecule has 134 valence electrons. The molecule has 0 spiro atoms. The predicted octanol–water partition coefficient (Wildman–Crippen LogP) is 1.47. The lowest BCUT2D eigenvalue weighted by Gasteiger charge is -2.32. The highest BCUT2D eigenvalue weighted by atomic mass is 16.5. The molecule has 3 rings (SSSR count). The van der Waals surface area contributed by atoms with Gasteiger partial charge in [0.15, 0.2) is 0 Å². The first-order valence-corrected chi connectivity index (χ1v) is 8.59. The van der Waals surface area contributed by atoms with E-state index in [0.29, 0.717) is 32.8 Å². The van der Waals surface area contributed by atoms with Crippen molar-refractivity contribution in [3.63, 3.8) is 0 Å². The average Bonchev–Trinajstić information content (AvgIpc) is 3.05. The van der Waals surface area contributed by atoms with Crippen LogP contribution in [0.1, 0.15) is 24.2 Å². The Morgan fingerprint density at radius 1 is 1.40 bits per heavy atom. The van der Waals surface area contributed by atoms with E-state index < -0.39 is 0 Å². The van der Waals surface area contributed by atoms with Crippen LogP contribution in [0, 0.1) is 6.92 Å². The van der Waals surface area contributed by atoms with Crippen molar-refractivity contribution in [3.05, 3.63) is 48.0 Å². The van der Waals surface area contributed by atoms with E-state index in [4.69, 9.17) is 9.47 Å². The summed E-state index contributed by atoms with van der Waals surface area (Å²) in [6.45, 7) is 4.08. The molecule has 0 bridgehead atoms. The van der Waals surface area contributed by atoms with Crippen LogP contribution >= 0.6 is 0 Å². The van der Waals surface area contributed by atoms with E-state index in [9.17, 15) is 4.79 Å². The molecule has 1 N–H and O–H groups in total. The zero-order chi connectivity index (χ0) is 17.5. The zero-order valence-corrected chi connectivity index (χ0v) is 14.4. The average molecular weight is 344 g/mol. The molecule has 1 amide bonds. The van der Waals surface area contributed by atoms with Crippen LogP contribution in [0.2, 0.25) is 0 Å². The molecule has 25 heavy (non-hydrogen) atoms. The second-order valence-corrected chi connectivity index (χ2v) is 6.15. The first-order chi connectivity index (χ1) is 12.2. The fraction of sp³-hybridized carbons (Fsp3) is 0.500. The Bertz CT molecular complexity index is 674. The normalized spacial score (nSPS) is 20.4. The molecule has 0 unspecified atom stereocenters. The smallest absolute Gasteiger partial charge is 0.222 e. The first kappa shape index (κ1) is 17.6. The number of carbonyl (C=O) groups is 1. The van der Waals surface area contributed by atoms with Gasteiger partial charge in [0.2, 0.25) is 5.91 Å². The first-order valence-electron chi connectivity index (χ1n) is 8.59. The molecule has 3 heterocycles. The number of hydrogen-bond donors (Lipinski definition) is 1. The Kier molecular flexibility index (Phi) is 6.14. The van der Waals surface area contributed by atoms with Gasteiger partial charge < -0.3 is 14.8 Å². The number of nitrogens with one attached hydrogen (secondary N) is 1. The number of ether oxygens (including phenoxy) is 2. The third-order valence-corrected chi connectivity index (χ3v) is 4.30. The number of rotatable bonds is 7. The highest BCUT2D eigenvalue weighted by Gasteiger charge is 2.28. The molecular formula is C18H24N4O3. The maximum atomic E-state index is 12.3. The van der Waals surface area contributed by atoms with E-state index in [0.717, 1.165) is 17.8 Å². The Hall–Kier alpha value is -2.25. The molecule has 0 radical (unpaired) electrons. The van der Waals surface area contributed by atoms with E-state index >= 15 is 0 Å². The monoisotopic (exact) mass is 344 g/mol. The molecule has 2 aromatic heterocycles. The molecule has 0 aromatic carbocycles. The summed E-state index contributed by atoms with van der Waals surface area (Å²) in [7, 11) is 0. The number of carbonyl (C=O) groups excluding carboxylic acids is 1. The fourth-order valence-corrected chi connectivity index (χ4v) is 2.84. The number of aromatic nitrogens is 3. The lowest BCUT2D eigenvalue weighted by molar-refractivity contribution is -0.127. The van der Waals surface area contributed by atoms with E-state index in [1.807, 2.05) is 35.9 Å². The number of aryl methyl sites for hydroxylation is 2. The van der Waals surface area contributed by atoms with E-state index in [1.54, 1.807) is 12.4 Å². The van der Waals surface area contributed by atoms with Gasteiger partial charge in [0.25, 0.3) is 0 Å². The number of hydrogen-bond acceptors (Lipinski definition) is 5. The van der Waals surface area contributed by atoms with Gasteiger partial charge in [-0.05, 0) is 31.5 Å². The highest BCUT2D eigenvalue weighted by molar-refractivity contribution is 5.76. The summed E-state index contributed by atoms with van der Waals surface area (Å²) < 4.78 is 13.3. The highest BCUT2D eigenvalue weighted by Crippen LogP contribution is 2.14. The number of pyridine rings is 1. The van der Waals surface area contributed by atoms with Gasteiger partial charge in [-0.3, -0.25) is 14.5 Å². The summed E-state index contributed by atoms with van der Waals surface area (Å²) in [4.78, 5) is 16.5. The van der Waals surface area contributed by atoms with Crippen molar-refractivity contribution in [2.24, 2.45) is 0 Å². The SMILES string of the molecule is Cc1ccnn1CCC(=O)N[C@@H]1CCOC[C@H]1OCc1ccccn1. The van der Waals surface area contributed by atoms with E-state index in [2.05, 4.69) is 15.4 Å². The second kappa shape index (κ2) is 8.73. The van der Waals surface area contributed by atoms with Gasteiger partial charge in [0, 0.05) is 37.7 Å². The molecule has 1 fully saturated rings. The summed E-state index contributed by atoms with van der Waals surface area (Å²) in [6, 6.07) is 7.61. The lowest BCUT2D eigenvalue weighted by atomic mass is 10.1. The summed E-state index contributed by atoms with van der Waals surface area (Å²) in [5, 5.41) is 7.28. The van der Waals surface area contributed by atoms with E-state index in [1.165, 1.54) is 0 Å². The van der Waals surface area contributed by atoms with Crippen molar-refractivity contribution in [1.29, 1.82) is 0 Å². The largest absolute Gasteiger partial charge is 0.379 e.